The van der Waals surface area contributed by atoms with Gasteiger partial charge in [-0.1, -0.05) is 34.1 Å². The Kier molecular flexibility index (Phi) is 4.20. The maximum absolute atomic E-state index is 10.3. The lowest BCUT2D eigenvalue weighted by Crippen LogP contribution is -1.99. The number of fused-ring (bicyclic) bond motifs is 1. The third-order valence-corrected chi connectivity index (χ3v) is 4.72. The SMILES string of the molecule is OC(CCc1ccsc1)c1ccc2cc(Br)ccc2c1. The summed E-state index contributed by atoms with van der Waals surface area (Å²) >= 11 is 5.18. The molecule has 1 unspecified atom stereocenters. The molecule has 1 atom stereocenters. The monoisotopic (exact) mass is 346 g/mol. The largest absolute Gasteiger partial charge is 0.388 e. The highest BCUT2D eigenvalue weighted by Crippen LogP contribution is 2.26. The molecule has 0 saturated carbocycles. The molecule has 1 aromatic heterocycles. The molecular weight excluding hydrogens is 332 g/mol. The average Bonchev–Trinajstić information content (AvgIpc) is 2.97. The summed E-state index contributed by atoms with van der Waals surface area (Å²) < 4.78 is 1.08. The minimum absolute atomic E-state index is 0.400. The van der Waals surface area contributed by atoms with E-state index >= 15 is 0 Å². The Morgan fingerprint density at radius 2 is 1.85 bits per heavy atom. The van der Waals surface area contributed by atoms with E-state index in [1.807, 2.05) is 12.1 Å². The molecule has 3 heteroatoms. The highest BCUT2D eigenvalue weighted by Gasteiger charge is 2.09. The molecule has 0 aliphatic carbocycles. The molecule has 0 spiro atoms. The van der Waals surface area contributed by atoms with E-state index in [1.165, 1.54) is 16.3 Å². The van der Waals surface area contributed by atoms with Crippen LogP contribution in [0.25, 0.3) is 10.8 Å². The van der Waals surface area contributed by atoms with Gasteiger partial charge in [-0.05, 0) is 69.8 Å². The van der Waals surface area contributed by atoms with Crippen molar-refractivity contribution in [1.29, 1.82) is 0 Å². The zero-order valence-corrected chi connectivity index (χ0v) is 13.3. The second-order valence-corrected chi connectivity index (χ2v) is 6.63. The van der Waals surface area contributed by atoms with Gasteiger partial charge in [0.05, 0.1) is 6.10 Å². The summed E-state index contributed by atoms with van der Waals surface area (Å²) in [5.41, 5.74) is 2.30. The van der Waals surface area contributed by atoms with Crippen molar-refractivity contribution in [3.63, 3.8) is 0 Å². The van der Waals surface area contributed by atoms with Gasteiger partial charge in [-0.15, -0.1) is 0 Å². The third kappa shape index (κ3) is 3.11. The zero-order chi connectivity index (χ0) is 13.9. The van der Waals surface area contributed by atoms with Crippen LogP contribution in [0.15, 0.2) is 57.7 Å². The summed E-state index contributed by atoms with van der Waals surface area (Å²) in [5.74, 6) is 0. The predicted octanol–water partition coefficient (Wildman–Crippen LogP) is 5.33. The number of aryl methyl sites for hydroxylation is 1. The highest BCUT2D eigenvalue weighted by molar-refractivity contribution is 9.10. The van der Waals surface area contributed by atoms with Gasteiger partial charge in [0.2, 0.25) is 0 Å². The summed E-state index contributed by atoms with van der Waals surface area (Å²) in [6.07, 6.45) is 1.28. The minimum atomic E-state index is -0.400. The van der Waals surface area contributed by atoms with E-state index in [2.05, 4.69) is 57.0 Å². The van der Waals surface area contributed by atoms with Gasteiger partial charge in [-0.2, -0.15) is 11.3 Å². The Balaban J connectivity index is 1.77. The number of hydrogen-bond acceptors (Lipinski definition) is 2. The first kappa shape index (κ1) is 13.8. The van der Waals surface area contributed by atoms with Crippen molar-refractivity contribution in [3.05, 3.63) is 68.8 Å². The first-order valence-corrected chi connectivity index (χ1v) is 8.34. The molecule has 1 nitrogen and oxygen atoms in total. The number of rotatable bonds is 4. The van der Waals surface area contributed by atoms with Crippen LogP contribution in [0.4, 0.5) is 0 Å². The molecular formula is C17H15BrOS. The van der Waals surface area contributed by atoms with Crippen LogP contribution in [0.5, 0.6) is 0 Å². The van der Waals surface area contributed by atoms with Crippen molar-refractivity contribution in [2.24, 2.45) is 0 Å². The first-order chi connectivity index (χ1) is 9.72. The molecule has 0 radical (unpaired) electrons. The Bertz CT molecular complexity index is 706. The molecule has 0 bridgehead atoms. The lowest BCUT2D eigenvalue weighted by atomic mass is 9.99. The topological polar surface area (TPSA) is 20.2 Å². The lowest BCUT2D eigenvalue weighted by Gasteiger charge is -2.11. The smallest absolute Gasteiger partial charge is 0.0793 e. The fourth-order valence-corrected chi connectivity index (χ4v) is 3.43. The molecule has 0 amide bonds. The zero-order valence-electron chi connectivity index (χ0n) is 10.9. The van der Waals surface area contributed by atoms with Crippen LogP contribution in [0, 0.1) is 0 Å². The molecule has 1 heterocycles. The van der Waals surface area contributed by atoms with Crippen LogP contribution >= 0.6 is 27.3 Å². The van der Waals surface area contributed by atoms with Crippen LogP contribution in [-0.4, -0.2) is 5.11 Å². The number of thiophene rings is 1. The Morgan fingerprint density at radius 1 is 1.05 bits per heavy atom. The average molecular weight is 347 g/mol. The number of aliphatic hydroxyl groups is 1. The minimum Gasteiger partial charge on any atom is -0.388 e. The van der Waals surface area contributed by atoms with Crippen molar-refractivity contribution in [2.45, 2.75) is 18.9 Å². The summed E-state index contributed by atoms with van der Waals surface area (Å²) in [6, 6.07) is 14.5. The van der Waals surface area contributed by atoms with Crippen molar-refractivity contribution >= 4 is 38.0 Å². The van der Waals surface area contributed by atoms with Gasteiger partial charge in [0.25, 0.3) is 0 Å². The molecule has 3 rings (SSSR count). The highest BCUT2D eigenvalue weighted by atomic mass is 79.9. The summed E-state index contributed by atoms with van der Waals surface area (Å²) in [5, 5.41) is 16.9. The predicted molar refractivity (Wildman–Crippen MR) is 89.2 cm³/mol. The van der Waals surface area contributed by atoms with Gasteiger partial charge < -0.3 is 5.11 Å². The van der Waals surface area contributed by atoms with Gasteiger partial charge in [0.1, 0.15) is 0 Å². The van der Waals surface area contributed by atoms with Gasteiger partial charge in [-0.3, -0.25) is 0 Å². The van der Waals surface area contributed by atoms with E-state index in [9.17, 15) is 5.11 Å². The van der Waals surface area contributed by atoms with Crippen LogP contribution in [0.1, 0.15) is 23.7 Å². The Hall–Kier alpha value is -1.16. The van der Waals surface area contributed by atoms with Crippen LogP contribution < -0.4 is 0 Å². The summed E-state index contributed by atoms with van der Waals surface area (Å²) in [7, 11) is 0. The number of aliphatic hydroxyl groups excluding tert-OH is 1. The number of benzene rings is 2. The lowest BCUT2D eigenvalue weighted by molar-refractivity contribution is 0.168. The number of halogens is 1. The number of hydrogen-bond donors (Lipinski definition) is 1. The van der Waals surface area contributed by atoms with Crippen LogP contribution in [0.3, 0.4) is 0 Å². The van der Waals surface area contributed by atoms with E-state index in [4.69, 9.17) is 0 Å². The van der Waals surface area contributed by atoms with Crippen molar-refractivity contribution in [2.75, 3.05) is 0 Å². The van der Waals surface area contributed by atoms with E-state index in [0.717, 1.165) is 22.9 Å². The van der Waals surface area contributed by atoms with Crippen molar-refractivity contribution in [3.8, 4) is 0 Å². The molecule has 2 aromatic carbocycles. The van der Waals surface area contributed by atoms with Gasteiger partial charge in [0, 0.05) is 4.47 Å². The van der Waals surface area contributed by atoms with E-state index < -0.39 is 6.10 Å². The molecule has 0 fully saturated rings. The summed E-state index contributed by atoms with van der Waals surface area (Å²) in [4.78, 5) is 0. The fraction of sp³-hybridized carbons (Fsp3) is 0.176. The fourth-order valence-electron chi connectivity index (χ4n) is 2.35. The first-order valence-electron chi connectivity index (χ1n) is 6.61. The Labute approximate surface area is 131 Å². The molecule has 1 N–H and O–H groups in total. The molecule has 20 heavy (non-hydrogen) atoms. The van der Waals surface area contributed by atoms with Gasteiger partial charge in [0.15, 0.2) is 0 Å². The quantitative estimate of drug-likeness (QED) is 0.676. The molecule has 3 aromatic rings. The van der Waals surface area contributed by atoms with Crippen molar-refractivity contribution < 1.29 is 5.11 Å². The second kappa shape index (κ2) is 6.08. The maximum Gasteiger partial charge on any atom is 0.0793 e. The van der Waals surface area contributed by atoms with Crippen LogP contribution in [0.2, 0.25) is 0 Å². The molecule has 0 saturated heterocycles. The molecule has 0 aliphatic heterocycles. The standard InChI is InChI=1S/C17H15BrOS/c18-16-5-4-13-9-15(3-2-14(13)10-16)17(19)6-1-12-7-8-20-11-12/h2-5,7-11,17,19H,1,6H2. The van der Waals surface area contributed by atoms with Crippen molar-refractivity contribution in [1.82, 2.24) is 0 Å². The van der Waals surface area contributed by atoms with Gasteiger partial charge >= 0.3 is 0 Å². The van der Waals surface area contributed by atoms with E-state index in [-0.39, 0.29) is 0 Å². The van der Waals surface area contributed by atoms with E-state index in [1.54, 1.807) is 11.3 Å². The maximum atomic E-state index is 10.3. The Morgan fingerprint density at radius 3 is 2.65 bits per heavy atom. The molecule has 0 aliphatic rings. The third-order valence-electron chi connectivity index (χ3n) is 3.50. The second-order valence-electron chi connectivity index (χ2n) is 4.94. The summed E-state index contributed by atoms with van der Waals surface area (Å²) in [6.45, 7) is 0. The van der Waals surface area contributed by atoms with Crippen LogP contribution in [-0.2, 0) is 6.42 Å². The van der Waals surface area contributed by atoms with Gasteiger partial charge in [-0.25, -0.2) is 0 Å². The normalized spacial score (nSPS) is 12.7. The van der Waals surface area contributed by atoms with E-state index in [0.29, 0.717) is 0 Å². The molecule has 102 valence electrons.